The summed E-state index contributed by atoms with van der Waals surface area (Å²) in [6.45, 7) is 4.91. The molecule has 0 fully saturated rings. The van der Waals surface area contributed by atoms with Gasteiger partial charge in [-0.1, -0.05) is 0 Å². The number of aromatic nitrogens is 2. The monoisotopic (exact) mass is 381 g/mol. The zero-order chi connectivity index (χ0) is 20.1. The average molecular weight is 381 g/mol. The molecule has 0 N–H and O–H groups in total. The van der Waals surface area contributed by atoms with Crippen LogP contribution in [0, 0.1) is 0 Å². The summed E-state index contributed by atoms with van der Waals surface area (Å²) in [5, 5.41) is 4.38. The van der Waals surface area contributed by atoms with Crippen molar-refractivity contribution in [2.24, 2.45) is 0 Å². The Morgan fingerprint density at radius 2 is 1.89 bits per heavy atom. The normalized spacial score (nSPS) is 10.7. The van der Waals surface area contributed by atoms with Crippen LogP contribution >= 0.6 is 0 Å². The minimum Gasteiger partial charge on any atom is -0.486 e. The summed E-state index contributed by atoms with van der Waals surface area (Å²) in [4.78, 5) is 25.4. The van der Waals surface area contributed by atoms with Crippen LogP contribution in [0.15, 0.2) is 53.1 Å². The fraction of sp³-hybridized carbons (Fsp3) is 0.286. The van der Waals surface area contributed by atoms with Crippen molar-refractivity contribution < 1.29 is 18.7 Å². The molecule has 0 aliphatic carbocycles. The number of aryl methyl sites for hydroxylation is 1. The molecule has 146 valence electrons. The average Bonchev–Trinajstić information content (AvgIpc) is 3.35. The molecular formula is C21H23N3O4. The Morgan fingerprint density at radius 3 is 2.54 bits per heavy atom. The van der Waals surface area contributed by atoms with Crippen LogP contribution in [0.3, 0.4) is 0 Å². The molecule has 0 radical (unpaired) electrons. The van der Waals surface area contributed by atoms with E-state index in [9.17, 15) is 9.59 Å². The highest BCUT2D eigenvalue weighted by atomic mass is 16.5. The number of carbonyl (C=O) groups is 2. The van der Waals surface area contributed by atoms with Crippen LogP contribution in [0.2, 0.25) is 0 Å². The summed E-state index contributed by atoms with van der Waals surface area (Å²) in [7, 11) is 1.71. The van der Waals surface area contributed by atoms with E-state index in [0.717, 1.165) is 12.2 Å². The standard InChI is InChI=1S/C21H23N3O4/c1-4-24-12-11-17(22-24)13-23(3)21(26)20-10-9-19(28-20)14-27-18-7-5-16(6-8-18)15(2)25/h5-12H,4,13-14H2,1-3H3. The first-order chi connectivity index (χ1) is 13.5. The van der Waals surface area contributed by atoms with Gasteiger partial charge in [-0.05, 0) is 56.3 Å². The molecule has 0 aliphatic heterocycles. The summed E-state index contributed by atoms with van der Waals surface area (Å²) in [5.74, 6) is 1.21. The third-order valence-corrected chi connectivity index (χ3v) is 4.28. The molecule has 7 heteroatoms. The summed E-state index contributed by atoms with van der Waals surface area (Å²) < 4.78 is 13.1. The molecule has 0 unspecified atom stereocenters. The largest absolute Gasteiger partial charge is 0.486 e. The Bertz CT molecular complexity index is 956. The van der Waals surface area contributed by atoms with E-state index in [0.29, 0.717) is 23.6 Å². The lowest BCUT2D eigenvalue weighted by atomic mass is 10.1. The number of rotatable bonds is 8. The quantitative estimate of drug-likeness (QED) is 0.558. The second kappa shape index (κ2) is 8.56. The molecule has 2 aromatic heterocycles. The molecular weight excluding hydrogens is 358 g/mol. The van der Waals surface area contributed by atoms with Crippen LogP contribution in [-0.4, -0.2) is 33.4 Å². The SMILES string of the molecule is CCn1ccc(CN(C)C(=O)c2ccc(COc3ccc(C(C)=O)cc3)o2)n1. The zero-order valence-electron chi connectivity index (χ0n) is 16.2. The Hall–Kier alpha value is -3.35. The maximum atomic E-state index is 12.5. The number of amides is 1. The Balaban J connectivity index is 1.56. The lowest BCUT2D eigenvalue weighted by molar-refractivity contribution is 0.0747. The van der Waals surface area contributed by atoms with Crippen molar-refractivity contribution in [3.8, 4) is 5.75 Å². The number of hydrogen-bond acceptors (Lipinski definition) is 5. The van der Waals surface area contributed by atoms with E-state index < -0.39 is 0 Å². The number of carbonyl (C=O) groups excluding carboxylic acids is 2. The topological polar surface area (TPSA) is 77.6 Å². The highest BCUT2D eigenvalue weighted by Crippen LogP contribution is 2.17. The molecule has 0 spiro atoms. The summed E-state index contributed by atoms with van der Waals surface area (Å²) in [6.07, 6.45) is 1.89. The van der Waals surface area contributed by atoms with E-state index in [1.807, 2.05) is 23.9 Å². The van der Waals surface area contributed by atoms with Crippen LogP contribution in [-0.2, 0) is 19.7 Å². The third kappa shape index (κ3) is 4.68. The van der Waals surface area contributed by atoms with Gasteiger partial charge < -0.3 is 14.1 Å². The molecule has 0 bridgehead atoms. The van der Waals surface area contributed by atoms with Gasteiger partial charge in [0.15, 0.2) is 11.5 Å². The molecule has 28 heavy (non-hydrogen) atoms. The second-order valence-electron chi connectivity index (χ2n) is 6.46. The number of ketones is 1. The van der Waals surface area contributed by atoms with E-state index in [2.05, 4.69) is 5.10 Å². The molecule has 3 rings (SSSR count). The van der Waals surface area contributed by atoms with Crippen molar-refractivity contribution in [1.82, 2.24) is 14.7 Å². The number of hydrogen-bond donors (Lipinski definition) is 0. The van der Waals surface area contributed by atoms with Gasteiger partial charge in [-0.2, -0.15) is 5.10 Å². The van der Waals surface area contributed by atoms with Gasteiger partial charge in [0.25, 0.3) is 5.91 Å². The summed E-state index contributed by atoms with van der Waals surface area (Å²) in [6, 6.07) is 12.1. The first-order valence-electron chi connectivity index (χ1n) is 9.06. The van der Waals surface area contributed by atoms with Gasteiger partial charge in [0.2, 0.25) is 0 Å². The van der Waals surface area contributed by atoms with Crippen LogP contribution in [0.4, 0.5) is 0 Å². The van der Waals surface area contributed by atoms with Crippen LogP contribution < -0.4 is 4.74 Å². The maximum Gasteiger partial charge on any atom is 0.289 e. The van der Waals surface area contributed by atoms with Gasteiger partial charge in [0.05, 0.1) is 12.2 Å². The first-order valence-corrected chi connectivity index (χ1v) is 9.06. The van der Waals surface area contributed by atoms with Crippen molar-refractivity contribution in [3.63, 3.8) is 0 Å². The molecule has 0 aliphatic rings. The number of Topliss-reactive ketones (excluding diaryl/α,β-unsaturated/α-hetero) is 1. The molecule has 7 nitrogen and oxygen atoms in total. The van der Waals surface area contributed by atoms with Crippen LogP contribution in [0.5, 0.6) is 5.75 Å². The molecule has 1 aromatic carbocycles. The fourth-order valence-electron chi connectivity index (χ4n) is 2.68. The van der Waals surface area contributed by atoms with E-state index in [1.165, 1.54) is 6.92 Å². The van der Waals surface area contributed by atoms with E-state index >= 15 is 0 Å². The molecule has 3 aromatic rings. The van der Waals surface area contributed by atoms with Crippen molar-refractivity contribution >= 4 is 11.7 Å². The number of furan rings is 1. The molecule has 0 atom stereocenters. The predicted octanol–water partition coefficient (Wildman–Crippen LogP) is 3.55. The zero-order valence-corrected chi connectivity index (χ0v) is 16.2. The Morgan fingerprint density at radius 1 is 1.14 bits per heavy atom. The Labute approximate surface area is 163 Å². The van der Waals surface area contributed by atoms with Crippen molar-refractivity contribution in [2.45, 2.75) is 33.5 Å². The number of ether oxygens (including phenoxy) is 1. The van der Waals surface area contributed by atoms with Gasteiger partial charge >= 0.3 is 0 Å². The predicted molar refractivity (Wildman–Crippen MR) is 103 cm³/mol. The van der Waals surface area contributed by atoms with E-state index in [1.54, 1.807) is 48.3 Å². The van der Waals surface area contributed by atoms with Gasteiger partial charge in [0, 0.05) is 25.4 Å². The minimum atomic E-state index is -0.219. The van der Waals surface area contributed by atoms with Crippen molar-refractivity contribution in [2.75, 3.05) is 7.05 Å². The molecule has 1 amide bonds. The van der Waals surface area contributed by atoms with E-state index in [4.69, 9.17) is 9.15 Å². The number of benzene rings is 1. The van der Waals surface area contributed by atoms with Crippen LogP contribution in [0.1, 0.15) is 46.2 Å². The van der Waals surface area contributed by atoms with Gasteiger partial charge in [-0.15, -0.1) is 0 Å². The molecule has 0 saturated heterocycles. The van der Waals surface area contributed by atoms with Crippen molar-refractivity contribution in [3.05, 3.63) is 71.4 Å². The second-order valence-corrected chi connectivity index (χ2v) is 6.46. The summed E-state index contributed by atoms with van der Waals surface area (Å²) >= 11 is 0. The third-order valence-electron chi connectivity index (χ3n) is 4.28. The number of nitrogens with zero attached hydrogens (tertiary/aromatic N) is 3. The maximum absolute atomic E-state index is 12.5. The smallest absolute Gasteiger partial charge is 0.289 e. The van der Waals surface area contributed by atoms with Gasteiger partial charge in [0.1, 0.15) is 18.1 Å². The minimum absolute atomic E-state index is 0.00585. The van der Waals surface area contributed by atoms with Crippen LogP contribution in [0.25, 0.3) is 0 Å². The fourth-order valence-corrected chi connectivity index (χ4v) is 2.68. The summed E-state index contributed by atoms with van der Waals surface area (Å²) in [5.41, 5.74) is 1.45. The van der Waals surface area contributed by atoms with Crippen molar-refractivity contribution in [1.29, 1.82) is 0 Å². The van der Waals surface area contributed by atoms with E-state index in [-0.39, 0.29) is 24.1 Å². The highest BCUT2D eigenvalue weighted by Gasteiger charge is 2.17. The molecule has 2 heterocycles. The Kier molecular flexibility index (Phi) is 5.93. The molecule has 0 saturated carbocycles. The highest BCUT2D eigenvalue weighted by molar-refractivity contribution is 5.94. The van der Waals surface area contributed by atoms with Gasteiger partial charge in [-0.3, -0.25) is 14.3 Å². The first kappa shape index (κ1) is 19.4. The lowest BCUT2D eigenvalue weighted by Gasteiger charge is -2.14. The lowest BCUT2D eigenvalue weighted by Crippen LogP contribution is -2.26. The van der Waals surface area contributed by atoms with Gasteiger partial charge in [-0.25, -0.2) is 0 Å².